The van der Waals surface area contributed by atoms with E-state index < -0.39 is 0 Å². The first-order valence-electron chi connectivity index (χ1n) is 9.04. The first-order valence-corrected chi connectivity index (χ1v) is 10.0. The van der Waals surface area contributed by atoms with Gasteiger partial charge in [-0.1, -0.05) is 23.9 Å². The largest absolute Gasteiger partial charge is 0.378 e. The van der Waals surface area contributed by atoms with Gasteiger partial charge in [0.05, 0.1) is 29.9 Å². The standard InChI is InChI=1S/C18H22N6O2S/c1-3-24-17(23-7-9-26-10-8-23)21-22-18(24)27-11-14-19-15-12(2)5-4-6-13(15)16(25)20-14/h4-6H,3,7-11H2,1-2H3,(H,19,20,25). The minimum Gasteiger partial charge on any atom is -0.378 e. The predicted molar refractivity (Wildman–Crippen MR) is 105 cm³/mol. The van der Waals surface area contributed by atoms with Gasteiger partial charge < -0.3 is 14.6 Å². The van der Waals surface area contributed by atoms with Gasteiger partial charge in [0.2, 0.25) is 5.95 Å². The molecule has 0 bridgehead atoms. The first kappa shape index (κ1) is 18.0. The first-order chi connectivity index (χ1) is 13.2. The molecular formula is C18H22N6O2S. The molecule has 4 rings (SSSR count). The molecule has 0 aliphatic carbocycles. The summed E-state index contributed by atoms with van der Waals surface area (Å²) in [6.45, 7) is 7.89. The van der Waals surface area contributed by atoms with Crippen LogP contribution in [0, 0.1) is 6.92 Å². The number of ether oxygens (including phenoxy) is 1. The zero-order valence-electron chi connectivity index (χ0n) is 15.4. The molecule has 0 spiro atoms. The monoisotopic (exact) mass is 386 g/mol. The molecule has 3 aromatic rings. The van der Waals surface area contributed by atoms with E-state index in [9.17, 15) is 4.79 Å². The van der Waals surface area contributed by atoms with Crippen molar-refractivity contribution in [3.8, 4) is 0 Å². The third-order valence-corrected chi connectivity index (χ3v) is 5.61. The van der Waals surface area contributed by atoms with Gasteiger partial charge in [0.1, 0.15) is 5.82 Å². The Morgan fingerprint density at radius 1 is 1.26 bits per heavy atom. The number of thioether (sulfide) groups is 1. The zero-order chi connectivity index (χ0) is 18.8. The Hall–Kier alpha value is -2.39. The third-order valence-electron chi connectivity index (χ3n) is 4.63. The summed E-state index contributed by atoms with van der Waals surface area (Å²) in [5.74, 6) is 2.05. The highest BCUT2D eigenvalue weighted by Gasteiger charge is 2.20. The average molecular weight is 386 g/mol. The van der Waals surface area contributed by atoms with E-state index in [1.165, 1.54) is 11.8 Å². The maximum Gasteiger partial charge on any atom is 0.258 e. The van der Waals surface area contributed by atoms with E-state index in [2.05, 4.69) is 36.6 Å². The number of benzene rings is 1. The zero-order valence-corrected chi connectivity index (χ0v) is 16.3. The van der Waals surface area contributed by atoms with Gasteiger partial charge in [0.25, 0.3) is 5.56 Å². The van der Waals surface area contributed by atoms with Crippen LogP contribution < -0.4 is 10.5 Å². The van der Waals surface area contributed by atoms with Crippen molar-refractivity contribution in [2.45, 2.75) is 31.3 Å². The summed E-state index contributed by atoms with van der Waals surface area (Å²) < 4.78 is 7.51. The van der Waals surface area contributed by atoms with Gasteiger partial charge in [0, 0.05) is 19.6 Å². The van der Waals surface area contributed by atoms with E-state index in [1.54, 1.807) is 6.07 Å². The molecular weight excluding hydrogens is 364 g/mol. The number of morpholine rings is 1. The van der Waals surface area contributed by atoms with E-state index in [0.717, 1.165) is 41.8 Å². The quantitative estimate of drug-likeness (QED) is 0.671. The Morgan fingerprint density at radius 2 is 2.07 bits per heavy atom. The Balaban J connectivity index is 1.57. The second-order valence-electron chi connectivity index (χ2n) is 6.40. The Labute approximate surface area is 161 Å². The van der Waals surface area contributed by atoms with Crippen molar-refractivity contribution in [3.63, 3.8) is 0 Å². The molecule has 0 atom stereocenters. The summed E-state index contributed by atoms with van der Waals surface area (Å²) in [5.41, 5.74) is 1.64. The minimum atomic E-state index is -0.106. The minimum absolute atomic E-state index is 0.106. The predicted octanol–water partition coefficient (Wildman–Crippen LogP) is 1.97. The SMILES string of the molecule is CCn1c(SCc2nc3c(C)cccc3c(=O)[nH]2)nnc1N1CCOCC1. The van der Waals surface area contributed by atoms with E-state index in [1.807, 2.05) is 19.1 Å². The van der Waals surface area contributed by atoms with E-state index in [4.69, 9.17) is 4.74 Å². The van der Waals surface area contributed by atoms with Crippen molar-refractivity contribution in [2.75, 3.05) is 31.2 Å². The van der Waals surface area contributed by atoms with Crippen LogP contribution in [0.25, 0.3) is 10.9 Å². The van der Waals surface area contributed by atoms with Gasteiger partial charge in [-0.05, 0) is 25.5 Å². The highest BCUT2D eigenvalue weighted by Crippen LogP contribution is 2.25. The normalized spacial score (nSPS) is 14.8. The number of fused-ring (bicyclic) bond motifs is 1. The number of para-hydroxylation sites is 1. The highest BCUT2D eigenvalue weighted by atomic mass is 32.2. The lowest BCUT2D eigenvalue weighted by atomic mass is 10.1. The molecule has 1 fully saturated rings. The summed E-state index contributed by atoms with van der Waals surface area (Å²) in [7, 11) is 0. The number of hydrogen-bond donors (Lipinski definition) is 1. The molecule has 1 saturated heterocycles. The lowest BCUT2D eigenvalue weighted by Gasteiger charge is -2.27. The van der Waals surface area contributed by atoms with Gasteiger partial charge in [-0.2, -0.15) is 0 Å². The van der Waals surface area contributed by atoms with Crippen molar-refractivity contribution in [1.29, 1.82) is 0 Å². The van der Waals surface area contributed by atoms with Gasteiger partial charge >= 0.3 is 0 Å². The molecule has 142 valence electrons. The van der Waals surface area contributed by atoms with Crippen molar-refractivity contribution >= 4 is 28.6 Å². The van der Waals surface area contributed by atoms with Gasteiger partial charge in [0.15, 0.2) is 5.16 Å². The van der Waals surface area contributed by atoms with Crippen LogP contribution in [0.4, 0.5) is 5.95 Å². The van der Waals surface area contributed by atoms with Crippen molar-refractivity contribution < 1.29 is 4.74 Å². The molecule has 1 aliphatic heterocycles. The fourth-order valence-electron chi connectivity index (χ4n) is 3.21. The van der Waals surface area contributed by atoms with Gasteiger partial charge in [-0.15, -0.1) is 10.2 Å². The number of aromatic nitrogens is 5. The second kappa shape index (κ2) is 7.69. The summed E-state index contributed by atoms with van der Waals surface area (Å²) in [6, 6.07) is 5.64. The molecule has 2 aromatic heterocycles. The van der Waals surface area contributed by atoms with Gasteiger partial charge in [-0.3, -0.25) is 9.36 Å². The summed E-state index contributed by atoms with van der Waals surface area (Å²) in [5, 5.41) is 10.2. The van der Waals surface area contributed by atoms with Crippen LogP contribution in [0.3, 0.4) is 0 Å². The van der Waals surface area contributed by atoms with Crippen molar-refractivity contribution in [3.05, 3.63) is 39.9 Å². The van der Waals surface area contributed by atoms with Crippen LogP contribution in [0.5, 0.6) is 0 Å². The third kappa shape index (κ3) is 3.57. The van der Waals surface area contributed by atoms with Crippen LogP contribution in [-0.4, -0.2) is 51.0 Å². The van der Waals surface area contributed by atoms with Crippen LogP contribution >= 0.6 is 11.8 Å². The van der Waals surface area contributed by atoms with E-state index in [0.29, 0.717) is 30.2 Å². The van der Waals surface area contributed by atoms with Crippen LogP contribution in [-0.2, 0) is 17.0 Å². The topological polar surface area (TPSA) is 88.9 Å². The number of nitrogens with one attached hydrogen (secondary N) is 1. The molecule has 8 nitrogen and oxygen atoms in total. The fraction of sp³-hybridized carbons (Fsp3) is 0.444. The molecule has 3 heterocycles. The summed E-state index contributed by atoms with van der Waals surface area (Å²) in [4.78, 5) is 22.1. The van der Waals surface area contributed by atoms with Crippen LogP contribution in [0.1, 0.15) is 18.3 Å². The number of hydrogen-bond acceptors (Lipinski definition) is 7. The molecule has 0 saturated carbocycles. The fourth-order valence-corrected chi connectivity index (χ4v) is 4.08. The number of aromatic amines is 1. The number of anilines is 1. The maximum atomic E-state index is 12.3. The molecule has 1 N–H and O–H groups in total. The molecule has 1 aliphatic rings. The lowest BCUT2D eigenvalue weighted by molar-refractivity contribution is 0.121. The number of rotatable bonds is 5. The number of H-pyrrole nitrogens is 1. The average Bonchev–Trinajstić information content (AvgIpc) is 3.11. The van der Waals surface area contributed by atoms with E-state index >= 15 is 0 Å². The number of aryl methyl sites for hydroxylation is 1. The Morgan fingerprint density at radius 3 is 2.85 bits per heavy atom. The maximum absolute atomic E-state index is 12.3. The van der Waals surface area contributed by atoms with Crippen molar-refractivity contribution in [2.24, 2.45) is 0 Å². The molecule has 1 aromatic carbocycles. The van der Waals surface area contributed by atoms with Crippen LogP contribution in [0.2, 0.25) is 0 Å². The Kier molecular flexibility index (Phi) is 5.13. The van der Waals surface area contributed by atoms with Crippen molar-refractivity contribution in [1.82, 2.24) is 24.7 Å². The molecule has 0 amide bonds. The molecule has 9 heteroatoms. The summed E-state index contributed by atoms with van der Waals surface area (Å²) in [6.07, 6.45) is 0. The smallest absolute Gasteiger partial charge is 0.258 e. The molecule has 0 radical (unpaired) electrons. The lowest BCUT2D eigenvalue weighted by Crippen LogP contribution is -2.38. The summed E-state index contributed by atoms with van der Waals surface area (Å²) >= 11 is 1.53. The highest BCUT2D eigenvalue weighted by molar-refractivity contribution is 7.98. The number of nitrogens with zero attached hydrogens (tertiary/aromatic N) is 5. The van der Waals surface area contributed by atoms with Gasteiger partial charge in [-0.25, -0.2) is 4.98 Å². The van der Waals surface area contributed by atoms with Crippen LogP contribution in [0.15, 0.2) is 28.2 Å². The molecule has 0 unspecified atom stereocenters. The Bertz CT molecular complexity index is 1010. The molecule has 27 heavy (non-hydrogen) atoms. The second-order valence-corrected chi connectivity index (χ2v) is 7.34. The van der Waals surface area contributed by atoms with E-state index in [-0.39, 0.29) is 5.56 Å².